The Bertz CT molecular complexity index is 1060. The van der Waals surface area contributed by atoms with Gasteiger partial charge in [0.25, 0.3) is 0 Å². The molecule has 0 saturated heterocycles. The van der Waals surface area contributed by atoms with E-state index in [1.807, 2.05) is 54.6 Å². The molecule has 1 heterocycles. The maximum Gasteiger partial charge on any atom is 0.231 e. The molecule has 1 aliphatic rings. The highest BCUT2D eigenvalue weighted by Crippen LogP contribution is 2.32. The number of thiocarbonyl (C=S) groups is 1. The SMILES string of the molecule is S=C(NCc1ccc2c(c1)OCO2)c1ccc(OCc2ccccc2Cl)c(Cl)c1. The number of benzene rings is 3. The van der Waals surface area contributed by atoms with Crippen molar-refractivity contribution >= 4 is 40.4 Å². The second-order valence-corrected chi connectivity index (χ2v) is 7.62. The third-order valence-corrected chi connectivity index (χ3v) is 5.47. The predicted molar refractivity (Wildman–Crippen MR) is 118 cm³/mol. The third kappa shape index (κ3) is 4.75. The maximum absolute atomic E-state index is 6.38. The molecule has 0 atom stereocenters. The minimum atomic E-state index is 0.258. The van der Waals surface area contributed by atoms with Crippen LogP contribution in [0.25, 0.3) is 0 Å². The Morgan fingerprint density at radius 1 is 0.966 bits per heavy atom. The van der Waals surface area contributed by atoms with Crippen LogP contribution in [0.1, 0.15) is 16.7 Å². The molecule has 4 rings (SSSR count). The van der Waals surface area contributed by atoms with Crippen LogP contribution in [-0.4, -0.2) is 11.8 Å². The number of halogens is 2. The van der Waals surface area contributed by atoms with E-state index >= 15 is 0 Å². The normalized spacial score (nSPS) is 11.9. The lowest BCUT2D eigenvalue weighted by Gasteiger charge is -2.12. The van der Waals surface area contributed by atoms with Crippen LogP contribution in [0.15, 0.2) is 60.7 Å². The fourth-order valence-corrected chi connectivity index (χ4v) is 3.49. The summed E-state index contributed by atoms with van der Waals surface area (Å²) in [5.41, 5.74) is 2.76. The zero-order valence-electron chi connectivity index (χ0n) is 15.3. The van der Waals surface area contributed by atoms with Crippen LogP contribution in [0.2, 0.25) is 10.0 Å². The minimum absolute atomic E-state index is 0.258. The summed E-state index contributed by atoms with van der Waals surface area (Å²) in [5.74, 6) is 2.09. The summed E-state index contributed by atoms with van der Waals surface area (Å²) in [4.78, 5) is 0.599. The summed E-state index contributed by atoms with van der Waals surface area (Å²) in [7, 11) is 0. The maximum atomic E-state index is 6.38. The Morgan fingerprint density at radius 3 is 2.62 bits per heavy atom. The number of nitrogens with one attached hydrogen (secondary N) is 1. The van der Waals surface area contributed by atoms with Crippen molar-refractivity contribution in [2.24, 2.45) is 0 Å². The first-order chi connectivity index (χ1) is 14.1. The van der Waals surface area contributed by atoms with Gasteiger partial charge in [-0.2, -0.15) is 0 Å². The molecule has 4 nitrogen and oxygen atoms in total. The lowest BCUT2D eigenvalue weighted by atomic mass is 10.1. The first-order valence-electron chi connectivity index (χ1n) is 8.92. The van der Waals surface area contributed by atoms with Gasteiger partial charge in [0.15, 0.2) is 11.5 Å². The lowest BCUT2D eigenvalue weighted by molar-refractivity contribution is 0.174. The molecule has 0 radical (unpaired) electrons. The molecule has 0 bridgehead atoms. The molecule has 29 heavy (non-hydrogen) atoms. The van der Waals surface area contributed by atoms with Crippen LogP contribution >= 0.6 is 35.4 Å². The van der Waals surface area contributed by atoms with E-state index in [4.69, 9.17) is 49.6 Å². The standard InChI is InChI=1S/C22H17Cl2NO3S/c23-17-4-2-1-3-16(17)12-26-19-8-6-15(10-18(19)24)22(29)25-11-14-5-7-20-21(9-14)28-13-27-20/h1-10H,11-13H2,(H,25,29). The topological polar surface area (TPSA) is 39.7 Å². The van der Waals surface area contributed by atoms with E-state index in [2.05, 4.69) is 5.32 Å². The highest BCUT2D eigenvalue weighted by atomic mass is 35.5. The summed E-state index contributed by atoms with van der Waals surface area (Å²) < 4.78 is 16.5. The van der Waals surface area contributed by atoms with E-state index in [1.165, 1.54) is 0 Å². The Labute approximate surface area is 184 Å². The molecule has 1 aliphatic heterocycles. The van der Waals surface area contributed by atoms with Crippen molar-refractivity contribution in [2.75, 3.05) is 6.79 Å². The van der Waals surface area contributed by atoms with Gasteiger partial charge in [-0.1, -0.05) is 59.7 Å². The Morgan fingerprint density at radius 2 is 1.79 bits per heavy atom. The Kier molecular flexibility index (Phi) is 6.09. The van der Waals surface area contributed by atoms with Crippen molar-refractivity contribution in [1.29, 1.82) is 0 Å². The van der Waals surface area contributed by atoms with E-state index in [1.54, 1.807) is 6.07 Å². The second kappa shape index (κ2) is 8.91. The van der Waals surface area contributed by atoms with E-state index < -0.39 is 0 Å². The van der Waals surface area contributed by atoms with Crippen molar-refractivity contribution in [3.63, 3.8) is 0 Å². The highest BCUT2D eigenvalue weighted by Gasteiger charge is 2.13. The average molecular weight is 446 g/mol. The van der Waals surface area contributed by atoms with Gasteiger partial charge in [0.05, 0.1) is 5.02 Å². The minimum Gasteiger partial charge on any atom is -0.487 e. The fourth-order valence-electron chi connectivity index (χ4n) is 2.87. The summed E-state index contributed by atoms with van der Waals surface area (Å²) in [6.07, 6.45) is 0. The zero-order chi connectivity index (χ0) is 20.2. The highest BCUT2D eigenvalue weighted by molar-refractivity contribution is 7.80. The first-order valence-corrected chi connectivity index (χ1v) is 10.1. The molecule has 0 aliphatic carbocycles. The summed E-state index contributed by atoms with van der Waals surface area (Å²) >= 11 is 18.0. The van der Waals surface area contributed by atoms with Crippen LogP contribution < -0.4 is 19.5 Å². The smallest absolute Gasteiger partial charge is 0.231 e. The molecule has 0 unspecified atom stereocenters. The molecule has 0 amide bonds. The predicted octanol–water partition coefficient (Wildman–Crippen LogP) is 5.77. The van der Waals surface area contributed by atoms with E-state index in [-0.39, 0.29) is 6.79 Å². The molecule has 148 valence electrons. The van der Waals surface area contributed by atoms with Crippen molar-refractivity contribution < 1.29 is 14.2 Å². The molecular formula is C22H17Cl2NO3S. The number of rotatable bonds is 6. The molecule has 0 aromatic heterocycles. The summed E-state index contributed by atoms with van der Waals surface area (Å²) in [6, 6.07) is 18.8. The van der Waals surface area contributed by atoms with Crippen molar-refractivity contribution in [2.45, 2.75) is 13.2 Å². The molecule has 3 aromatic rings. The monoisotopic (exact) mass is 445 g/mol. The van der Waals surface area contributed by atoms with Gasteiger partial charge in [-0.3, -0.25) is 0 Å². The fraction of sp³-hybridized carbons (Fsp3) is 0.136. The van der Waals surface area contributed by atoms with Gasteiger partial charge in [-0.05, 0) is 42.0 Å². The van der Waals surface area contributed by atoms with Gasteiger partial charge in [0, 0.05) is 22.7 Å². The second-order valence-electron chi connectivity index (χ2n) is 6.40. The van der Waals surface area contributed by atoms with Crippen molar-refractivity contribution in [1.82, 2.24) is 5.32 Å². The number of hydrogen-bond acceptors (Lipinski definition) is 4. The van der Waals surface area contributed by atoms with Gasteiger partial charge in [-0.25, -0.2) is 0 Å². The van der Waals surface area contributed by atoms with Gasteiger partial charge in [0.2, 0.25) is 6.79 Å². The molecular weight excluding hydrogens is 429 g/mol. The quantitative estimate of drug-likeness (QED) is 0.487. The average Bonchev–Trinajstić information content (AvgIpc) is 3.20. The summed E-state index contributed by atoms with van der Waals surface area (Å²) in [5, 5.41) is 4.39. The van der Waals surface area contributed by atoms with Gasteiger partial charge >= 0.3 is 0 Å². The molecule has 3 aromatic carbocycles. The van der Waals surface area contributed by atoms with Crippen LogP contribution in [0.5, 0.6) is 17.2 Å². The molecule has 0 saturated carbocycles. The number of fused-ring (bicyclic) bond motifs is 1. The van der Waals surface area contributed by atoms with E-state index in [9.17, 15) is 0 Å². The Hall–Kier alpha value is -2.47. The van der Waals surface area contributed by atoms with Crippen LogP contribution in [0.4, 0.5) is 0 Å². The van der Waals surface area contributed by atoms with Crippen LogP contribution in [0.3, 0.4) is 0 Å². The summed E-state index contributed by atoms with van der Waals surface area (Å²) in [6.45, 7) is 1.16. The largest absolute Gasteiger partial charge is 0.487 e. The van der Waals surface area contributed by atoms with Crippen LogP contribution in [0, 0.1) is 0 Å². The number of hydrogen-bond donors (Lipinski definition) is 1. The van der Waals surface area contributed by atoms with Crippen molar-refractivity contribution in [3.05, 3.63) is 87.4 Å². The molecule has 0 fully saturated rings. The third-order valence-electron chi connectivity index (χ3n) is 4.43. The molecule has 0 spiro atoms. The van der Waals surface area contributed by atoms with Gasteiger partial charge in [-0.15, -0.1) is 0 Å². The van der Waals surface area contributed by atoms with Crippen LogP contribution in [-0.2, 0) is 13.2 Å². The van der Waals surface area contributed by atoms with Gasteiger partial charge < -0.3 is 19.5 Å². The number of ether oxygens (including phenoxy) is 3. The van der Waals surface area contributed by atoms with Gasteiger partial charge in [0.1, 0.15) is 17.3 Å². The molecule has 7 heteroatoms. The van der Waals surface area contributed by atoms with E-state index in [0.717, 1.165) is 28.2 Å². The van der Waals surface area contributed by atoms with E-state index in [0.29, 0.717) is 33.9 Å². The Balaban J connectivity index is 1.36. The first kappa shape index (κ1) is 19.8. The lowest BCUT2D eigenvalue weighted by Crippen LogP contribution is -2.21. The zero-order valence-corrected chi connectivity index (χ0v) is 17.6. The van der Waals surface area contributed by atoms with Crippen molar-refractivity contribution in [3.8, 4) is 17.2 Å². The molecule has 1 N–H and O–H groups in total.